The van der Waals surface area contributed by atoms with Gasteiger partial charge in [-0.25, -0.2) is 0 Å². The first-order chi connectivity index (χ1) is 14.1. The van der Waals surface area contributed by atoms with Crippen LogP contribution in [0.25, 0.3) is 0 Å². The Bertz CT molecular complexity index is 791. The molecule has 0 aromatic heterocycles. The Morgan fingerprint density at radius 2 is 1.66 bits per heavy atom. The number of para-hydroxylation sites is 1. The average molecular weight is 416 g/mol. The quantitative estimate of drug-likeness (QED) is 0.720. The number of benzene rings is 2. The molecule has 0 spiro atoms. The molecule has 1 fully saturated rings. The summed E-state index contributed by atoms with van der Waals surface area (Å²) in [4.78, 5) is 28.6. The fourth-order valence-corrected chi connectivity index (χ4v) is 3.30. The lowest BCUT2D eigenvalue weighted by Crippen LogP contribution is -2.50. The molecule has 0 radical (unpaired) electrons. The maximum atomic E-state index is 12.4. The van der Waals surface area contributed by atoms with Crippen LogP contribution in [-0.4, -0.2) is 67.5 Å². The molecule has 2 amide bonds. The fraction of sp³-hybridized carbons (Fsp3) is 0.364. The summed E-state index contributed by atoms with van der Waals surface area (Å²) >= 11 is 5.82. The van der Waals surface area contributed by atoms with Crippen LogP contribution in [0.1, 0.15) is 16.8 Å². The molecule has 1 N–H and O–H groups in total. The Hall–Kier alpha value is -2.57. The molecule has 2 aromatic carbocycles. The number of amides is 2. The first-order valence-corrected chi connectivity index (χ1v) is 10.2. The molecule has 0 unspecified atom stereocenters. The van der Waals surface area contributed by atoms with E-state index in [0.29, 0.717) is 43.2 Å². The van der Waals surface area contributed by atoms with Gasteiger partial charge in [0.2, 0.25) is 5.91 Å². The van der Waals surface area contributed by atoms with E-state index in [0.717, 1.165) is 25.4 Å². The number of carbonyl (C=O) groups is 2. The van der Waals surface area contributed by atoms with E-state index in [2.05, 4.69) is 10.2 Å². The molecule has 154 valence electrons. The minimum Gasteiger partial charge on any atom is -0.492 e. The third kappa shape index (κ3) is 6.76. The van der Waals surface area contributed by atoms with Gasteiger partial charge in [-0.2, -0.15) is 0 Å². The highest BCUT2D eigenvalue weighted by Gasteiger charge is 2.20. The van der Waals surface area contributed by atoms with Crippen LogP contribution in [0.4, 0.5) is 0 Å². The first-order valence-electron chi connectivity index (χ1n) is 9.83. The molecule has 6 nitrogen and oxygen atoms in total. The highest BCUT2D eigenvalue weighted by atomic mass is 35.5. The molecule has 0 saturated carbocycles. The largest absolute Gasteiger partial charge is 0.492 e. The highest BCUT2D eigenvalue weighted by Crippen LogP contribution is 2.10. The minimum absolute atomic E-state index is 0.0709. The van der Waals surface area contributed by atoms with E-state index in [-0.39, 0.29) is 11.8 Å². The number of hydrogen-bond acceptors (Lipinski definition) is 4. The fourth-order valence-electron chi connectivity index (χ4n) is 3.17. The Labute approximate surface area is 176 Å². The summed E-state index contributed by atoms with van der Waals surface area (Å²) in [6.07, 6.45) is 0.302. The van der Waals surface area contributed by atoms with E-state index in [1.54, 1.807) is 24.3 Å². The van der Waals surface area contributed by atoms with E-state index in [4.69, 9.17) is 16.3 Å². The van der Waals surface area contributed by atoms with Gasteiger partial charge >= 0.3 is 0 Å². The normalized spacial score (nSPS) is 14.4. The Morgan fingerprint density at radius 3 is 2.34 bits per heavy atom. The van der Waals surface area contributed by atoms with E-state index >= 15 is 0 Å². The van der Waals surface area contributed by atoms with Gasteiger partial charge in [0.15, 0.2) is 0 Å². The third-order valence-electron chi connectivity index (χ3n) is 4.88. The summed E-state index contributed by atoms with van der Waals surface area (Å²) in [6, 6.07) is 16.4. The smallest absolute Gasteiger partial charge is 0.251 e. The molecule has 1 heterocycles. The van der Waals surface area contributed by atoms with Crippen molar-refractivity contribution in [3.63, 3.8) is 0 Å². The molecular weight excluding hydrogens is 390 g/mol. The van der Waals surface area contributed by atoms with Crippen LogP contribution in [0, 0.1) is 0 Å². The van der Waals surface area contributed by atoms with Crippen molar-refractivity contribution >= 4 is 23.4 Å². The SMILES string of the molecule is O=C(NCCC(=O)N1CCN(CCOc2ccccc2)CC1)c1ccc(Cl)cc1. The summed E-state index contributed by atoms with van der Waals surface area (Å²) in [6.45, 7) is 4.88. The van der Waals surface area contributed by atoms with Crippen molar-refractivity contribution in [3.05, 3.63) is 65.2 Å². The highest BCUT2D eigenvalue weighted by molar-refractivity contribution is 6.30. The van der Waals surface area contributed by atoms with Gasteiger partial charge < -0.3 is 15.0 Å². The van der Waals surface area contributed by atoms with E-state index in [1.165, 1.54) is 0 Å². The molecule has 0 aliphatic carbocycles. The van der Waals surface area contributed by atoms with Crippen molar-refractivity contribution in [2.45, 2.75) is 6.42 Å². The average Bonchev–Trinajstić information content (AvgIpc) is 2.75. The lowest BCUT2D eigenvalue weighted by Gasteiger charge is -2.34. The monoisotopic (exact) mass is 415 g/mol. The van der Waals surface area contributed by atoms with Gasteiger partial charge in [0.05, 0.1) is 0 Å². The number of rotatable bonds is 8. The Kier molecular flexibility index (Phi) is 7.90. The van der Waals surface area contributed by atoms with E-state index < -0.39 is 0 Å². The number of nitrogens with one attached hydrogen (secondary N) is 1. The summed E-state index contributed by atoms with van der Waals surface area (Å²) < 4.78 is 5.73. The van der Waals surface area contributed by atoms with Gasteiger partial charge in [0.1, 0.15) is 12.4 Å². The Morgan fingerprint density at radius 1 is 0.966 bits per heavy atom. The molecular formula is C22H26ClN3O3. The van der Waals surface area contributed by atoms with Gasteiger partial charge in [-0.1, -0.05) is 29.8 Å². The van der Waals surface area contributed by atoms with Crippen molar-refractivity contribution < 1.29 is 14.3 Å². The van der Waals surface area contributed by atoms with E-state index in [9.17, 15) is 9.59 Å². The predicted octanol–water partition coefficient (Wildman–Crippen LogP) is 2.68. The van der Waals surface area contributed by atoms with Crippen molar-refractivity contribution in [3.8, 4) is 5.75 Å². The maximum Gasteiger partial charge on any atom is 0.251 e. The minimum atomic E-state index is -0.197. The van der Waals surface area contributed by atoms with Crippen LogP contribution in [0.2, 0.25) is 5.02 Å². The lowest BCUT2D eigenvalue weighted by molar-refractivity contribution is -0.132. The summed E-state index contributed by atoms with van der Waals surface area (Å²) in [5.41, 5.74) is 0.535. The molecule has 1 aliphatic heterocycles. The predicted molar refractivity (Wildman–Crippen MR) is 113 cm³/mol. The second kappa shape index (κ2) is 10.8. The van der Waals surface area contributed by atoms with Crippen LogP contribution in [0.15, 0.2) is 54.6 Å². The van der Waals surface area contributed by atoms with Crippen LogP contribution < -0.4 is 10.1 Å². The zero-order valence-corrected chi connectivity index (χ0v) is 17.1. The van der Waals surface area contributed by atoms with Gasteiger partial charge in [0.25, 0.3) is 5.91 Å². The number of ether oxygens (including phenoxy) is 1. The van der Waals surface area contributed by atoms with Crippen molar-refractivity contribution in [2.75, 3.05) is 45.9 Å². The molecule has 0 atom stereocenters. The van der Waals surface area contributed by atoms with Crippen LogP contribution >= 0.6 is 11.6 Å². The number of hydrogen-bond donors (Lipinski definition) is 1. The zero-order valence-electron chi connectivity index (χ0n) is 16.4. The maximum absolute atomic E-state index is 12.4. The topological polar surface area (TPSA) is 61.9 Å². The summed E-state index contributed by atoms with van der Waals surface area (Å²) in [7, 11) is 0. The molecule has 7 heteroatoms. The molecule has 3 rings (SSSR count). The number of piperazine rings is 1. The molecule has 2 aromatic rings. The van der Waals surface area contributed by atoms with Crippen LogP contribution in [0.3, 0.4) is 0 Å². The number of nitrogens with zero attached hydrogens (tertiary/aromatic N) is 2. The molecule has 0 bridgehead atoms. The molecule has 1 saturated heterocycles. The van der Waals surface area contributed by atoms with Gasteiger partial charge in [-0.05, 0) is 36.4 Å². The third-order valence-corrected chi connectivity index (χ3v) is 5.13. The number of carbonyl (C=O) groups excluding carboxylic acids is 2. The summed E-state index contributed by atoms with van der Waals surface area (Å²) in [5.74, 6) is 0.751. The second-order valence-corrected chi connectivity index (χ2v) is 7.33. The Balaban J connectivity index is 1.30. The van der Waals surface area contributed by atoms with Crippen LogP contribution in [0.5, 0.6) is 5.75 Å². The van der Waals surface area contributed by atoms with Gasteiger partial charge in [-0.15, -0.1) is 0 Å². The van der Waals surface area contributed by atoms with Crippen LogP contribution in [-0.2, 0) is 4.79 Å². The standard InChI is InChI=1S/C22H26ClN3O3/c23-19-8-6-18(7-9-19)22(28)24-11-10-21(27)26-14-12-25(13-15-26)16-17-29-20-4-2-1-3-5-20/h1-9H,10-17H2,(H,24,28). The second-order valence-electron chi connectivity index (χ2n) is 6.90. The zero-order chi connectivity index (χ0) is 20.5. The number of halogens is 1. The summed E-state index contributed by atoms with van der Waals surface area (Å²) in [5, 5.41) is 3.37. The molecule has 1 aliphatic rings. The van der Waals surface area contributed by atoms with Crippen molar-refractivity contribution in [1.29, 1.82) is 0 Å². The van der Waals surface area contributed by atoms with E-state index in [1.807, 2.05) is 35.2 Å². The van der Waals surface area contributed by atoms with Crippen molar-refractivity contribution in [2.24, 2.45) is 0 Å². The van der Waals surface area contributed by atoms with Gasteiger partial charge in [0, 0.05) is 56.3 Å². The molecule has 29 heavy (non-hydrogen) atoms. The lowest BCUT2D eigenvalue weighted by atomic mass is 10.2. The van der Waals surface area contributed by atoms with Gasteiger partial charge in [-0.3, -0.25) is 14.5 Å². The van der Waals surface area contributed by atoms with Crippen molar-refractivity contribution in [1.82, 2.24) is 15.1 Å². The first kappa shape index (κ1) is 21.1.